The summed E-state index contributed by atoms with van der Waals surface area (Å²) < 4.78 is 5.80. The molecule has 122 valence electrons. The second-order valence-corrected chi connectivity index (χ2v) is 5.47. The molecule has 5 heteroatoms. The van der Waals surface area contributed by atoms with Crippen LogP contribution >= 0.6 is 0 Å². The van der Waals surface area contributed by atoms with Crippen LogP contribution in [0.3, 0.4) is 0 Å². The Kier molecular flexibility index (Phi) is 5.97. The van der Waals surface area contributed by atoms with Crippen LogP contribution < -0.4 is 15.4 Å². The summed E-state index contributed by atoms with van der Waals surface area (Å²) >= 11 is 0. The molecule has 0 unspecified atom stereocenters. The van der Waals surface area contributed by atoms with Gasteiger partial charge in [0.25, 0.3) is 0 Å². The standard InChI is InChI=1S/C18H23N3O2/c1-13-7-4-8-14(2)17(13)23-12-6-11-19-18(22)21-16-10-5-9-15(3)20-16/h4-5,7-10H,6,11-12H2,1-3H3,(H2,19,20,21,22). The summed E-state index contributed by atoms with van der Waals surface area (Å²) in [7, 11) is 0. The van der Waals surface area contributed by atoms with Gasteiger partial charge in [0.1, 0.15) is 11.6 Å². The zero-order valence-electron chi connectivity index (χ0n) is 13.8. The number of carbonyl (C=O) groups is 1. The second kappa shape index (κ2) is 8.17. The molecule has 0 radical (unpaired) electrons. The number of nitrogens with zero attached hydrogens (tertiary/aromatic N) is 1. The molecule has 23 heavy (non-hydrogen) atoms. The Hall–Kier alpha value is -2.56. The monoisotopic (exact) mass is 313 g/mol. The zero-order valence-corrected chi connectivity index (χ0v) is 13.8. The molecule has 1 heterocycles. The number of pyridine rings is 1. The number of hydrogen-bond donors (Lipinski definition) is 2. The molecular formula is C18H23N3O2. The molecule has 0 saturated heterocycles. The molecule has 2 amide bonds. The molecule has 1 aromatic carbocycles. The highest BCUT2D eigenvalue weighted by Gasteiger charge is 2.04. The molecule has 0 aliphatic rings. The van der Waals surface area contributed by atoms with E-state index in [0.29, 0.717) is 19.0 Å². The van der Waals surface area contributed by atoms with Crippen molar-refractivity contribution in [1.29, 1.82) is 0 Å². The van der Waals surface area contributed by atoms with E-state index in [2.05, 4.69) is 15.6 Å². The third-order valence-electron chi connectivity index (χ3n) is 3.39. The van der Waals surface area contributed by atoms with Gasteiger partial charge in [0.15, 0.2) is 0 Å². The summed E-state index contributed by atoms with van der Waals surface area (Å²) in [5, 5.41) is 5.50. The third kappa shape index (κ3) is 5.29. The molecule has 0 bridgehead atoms. The van der Waals surface area contributed by atoms with Gasteiger partial charge in [-0.25, -0.2) is 9.78 Å². The fourth-order valence-corrected chi connectivity index (χ4v) is 2.25. The van der Waals surface area contributed by atoms with E-state index in [1.165, 1.54) is 0 Å². The van der Waals surface area contributed by atoms with Crippen LogP contribution in [-0.2, 0) is 0 Å². The van der Waals surface area contributed by atoms with Crippen molar-refractivity contribution in [2.24, 2.45) is 0 Å². The van der Waals surface area contributed by atoms with Crippen LogP contribution in [0.4, 0.5) is 10.6 Å². The summed E-state index contributed by atoms with van der Waals surface area (Å²) in [6, 6.07) is 11.3. The first-order chi connectivity index (χ1) is 11.1. The van der Waals surface area contributed by atoms with E-state index in [4.69, 9.17) is 4.74 Å². The van der Waals surface area contributed by atoms with Crippen molar-refractivity contribution in [3.05, 3.63) is 53.2 Å². The maximum atomic E-state index is 11.8. The van der Waals surface area contributed by atoms with Gasteiger partial charge in [-0.3, -0.25) is 5.32 Å². The number of carbonyl (C=O) groups excluding carboxylic acids is 1. The van der Waals surface area contributed by atoms with Crippen LogP contribution in [0.25, 0.3) is 0 Å². The average molecular weight is 313 g/mol. The van der Waals surface area contributed by atoms with Crippen molar-refractivity contribution in [3.63, 3.8) is 0 Å². The second-order valence-electron chi connectivity index (χ2n) is 5.47. The number of para-hydroxylation sites is 1. The van der Waals surface area contributed by atoms with Crippen molar-refractivity contribution in [2.45, 2.75) is 27.2 Å². The molecule has 0 aliphatic heterocycles. The number of anilines is 1. The van der Waals surface area contributed by atoms with Gasteiger partial charge < -0.3 is 10.1 Å². The van der Waals surface area contributed by atoms with Gasteiger partial charge in [-0.1, -0.05) is 24.3 Å². The van der Waals surface area contributed by atoms with Crippen LogP contribution in [0.15, 0.2) is 36.4 Å². The molecule has 0 saturated carbocycles. The van der Waals surface area contributed by atoms with Gasteiger partial charge in [-0.15, -0.1) is 0 Å². The highest BCUT2D eigenvalue weighted by Crippen LogP contribution is 2.22. The Bertz CT molecular complexity index is 651. The van der Waals surface area contributed by atoms with Crippen molar-refractivity contribution < 1.29 is 9.53 Å². The minimum absolute atomic E-state index is 0.254. The molecule has 5 nitrogen and oxygen atoms in total. The lowest BCUT2D eigenvalue weighted by atomic mass is 10.1. The molecule has 2 N–H and O–H groups in total. The van der Waals surface area contributed by atoms with Crippen LogP contribution in [0.2, 0.25) is 0 Å². The molecule has 1 aromatic heterocycles. The third-order valence-corrected chi connectivity index (χ3v) is 3.39. The number of benzene rings is 1. The van der Waals surface area contributed by atoms with Crippen LogP contribution in [0.1, 0.15) is 23.2 Å². The van der Waals surface area contributed by atoms with Crippen LogP contribution in [0.5, 0.6) is 5.75 Å². The van der Waals surface area contributed by atoms with Gasteiger partial charge in [0.2, 0.25) is 0 Å². The summed E-state index contributed by atoms with van der Waals surface area (Å²) in [5.41, 5.74) is 3.12. The lowest BCUT2D eigenvalue weighted by Crippen LogP contribution is -2.30. The van der Waals surface area contributed by atoms with E-state index < -0.39 is 0 Å². The lowest BCUT2D eigenvalue weighted by molar-refractivity contribution is 0.250. The van der Waals surface area contributed by atoms with E-state index in [0.717, 1.165) is 29.0 Å². The minimum atomic E-state index is -0.254. The number of ether oxygens (including phenoxy) is 1. The number of urea groups is 1. The Labute approximate surface area is 137 Å². The first kappa shape index (κ1) is 16.8. The largest absolute Gasteiger partial charge is 0.493 e. The first-order valence-electron chi connectivity index (χ1n) is 7.74. The van der Waals surface area contributed by atoms with E-state index in [9.17, 15) is 4.79 Å². The summed E-state index contributed by atoms with van der Waals surface area (Å²) in [6.07, 6.45) is 0.739. The average Bonchev–Trinajstić information content (AvgIpc) is 2.49. The SMILES string of the molecule is Cc1cccc(NC(=O)NCCCOc2c(C)cccc2C)n1. The summed E-state index contributed by atoms with van der Waals surface area (Å²) in [5.74, 6) is 1.48. The smallest absolute Gasteiger partial charge is 0.320 e. The lowest BCUT2D eigenvalue weighted by Gasteiger charge is -2.12. The highest BCUT2D eigenvalue weighted by atomic mass is 16.5. The topological polar surface area (TPSA) is 63.2 Å². The van der Waals surface area contributed by atoms with Gasteiger partial charge >= 0.3 is 6.03 Å². The number of rotatable bonds is 6. The van der Waals surface area contributed by atoms with E-state index in [1.54, 1.807) is 6.07 Å². The summed E-state index contributed by atoms with van der Waals surface area (Å²) in [4.78, 5) is 16.0. The van der Waals surface area contributed by atoms with E-state index in [1.807, 2.05) is 51.1 Å². The molecule has 0 fully saturated rings. The fraction of sp³-hybridized carbons (Fsp3) is 0.333. The quantitative estimate of drug-likeness (QED) is 0.801. The molecule has 0 spiro atoms. The Morgan fingerprint density at radius 1 is 1.09 bits per heavy atom. The molecule has 0 aliphatic carbocycles. The molecular weight excluding hydrogens is 290 g/mol. The number of amides is 2. The van der Waals surface area contributed by atoms with Gasteiger partial charge in [0.05, 0.1) is 6.61 Å². The molecule has 2 aromatic rings. The van der Waals surface area contributed by atoms with Crippen molar-refractivity contribution in [1.82, 2.24) is 10.3 Å². The molecule has 0 atom stereocenters. The maximum Gasteiger partial charge on any atom is 0.320 e. The van der Waals surface area contributed by atoms with Crippen molar-refractivity contribution >= 4 is 11.8 Å². The van der Waals surface area contributed by atoms with Crippen molar-refractivity contribution in [3.8, 4) is 5.75 Å². The number of aryl methyl sites for hydroxylation is 3. The normalized spacial score (nSPS) is 10.2. The fourth-order valence-electron chi connectivity index (χ4n) is 2.25. The maximum absolute atomic E-state index is 11.8. The van der Waals surface area contributed by atoms with Crippen LogP contribution in [-0.4, -0.2) is 24.2 Å². The Balaban J connectivity index is 1.68. The zero-order chi connectivity index (χ0) is 16.7. The summed E-state index contributed by atoms with van der Waals surface area (Å²) in [6.45, 7) is 7.05. The predicted octanol–water partition coefficient (Wildman–Crippen LogP) is 3.60. The number of nitrogens with one attached hydrogen (secondary N) is 2. The first-order valence-corrected chi connectivity index (χ1v) is 7.74. The predicted molar refractivity (Wildman–Crippen MR) is 92.0 cm³/mol. The van der Waals surface area contributed by atoms with Gasteiger partial charge in [-0.2, -0.15) is 0 Å². The molecule has 2 rings (SSSR count). The van der Waals surface area contributed by atoms with Gasteiger partial charge in [0, 0.05) is 12.2 Å². The van der Waals surface area contributed by atoms with Crippen molar-refractivity contribution in [2.75, 3.05) is 18.5 Å². The Morgan fingerprint density at radius 2 is 1.78 bits per heavy atom. The number of hydrogen-bond acceptors (Lipinski definition) is 3. The highest BCUT2D eigenvalue weighted by molar-refractivity contribution is 5.88. The minimum Gasteiger partial charge on any atom is -0.493 e. The van der Waals surface area contributed by atoms with Crippen LogP contribution in [0, 0.1) is 20.8 Å². The Morgan fingerprint density at radius 3 is 2.48 bits per heavy atom. The van der Waals surface area contributed by atoms with E-state index >= 15 is 0 Å². The van der Waals surface area contributed by atoms with Gasteiger partial charge in [-0.05, 0) is 50.5 Å². The number of aromatic nitrogens is 1. The van der Waals surface area contributed by atoms with E-state index in [-0.39, 0.29) is 6.03 Å².